The Morgan fingerprint density at radius 3 is 2.00 bits per heavy atom. The smallest absolute Gasteiger partial charge is 0.0886 e. The number of nitrogens with zero attached hydrogens (tertiary/aromatic N) is 1. The predicted molar refractivity (Wildman–Crippen MR) is 40.3 cm³/mol. The Kier molecular flexibility index (Phi) is 1.80. The zero-order valence-electron chi connectivity index (χ0n) is 6.85. The Labute approximate surface area is 58.3 Å². The molecule has 0 aromatic carbocycles. The molecule has 1 aliphatic rings. The minimum Gasteiger partial charge on any atom is -0.326 e. The van der Waals surface area contributed by atoms with Crippen LogP contribution in [0.25, 0.3) is 0 Å². The van der Waals surface area contributed by atoms with Gasteiger partial charge in [-0.1, -0.05) is 0 Å². The molecule has 9 heavy (non-hydrogen) atoms. The van der Waals surface area contributed by atoms with Crippen molar-refractivity contribution in [3.05, 3.63) is 0 Å². The number of rotatable bonds is 2. The molecule has 1 rings (SSSR count). The Balaban J connectivity index is 2.37. The van der Waals surface area contributed by atoms with Crippen LogP contribution < -0.4 is 0 Å². The zero-order valence-corrected chi connectivity index (χ0v) is 6.85. The second-order valence-electron chi connectivity index (χ2n) is 3.68. The largest absolute Gasteiger partial charge is 0.326 e. The summed E-state index contributed by atoms with van der Waals surface area (Å²) in [5.41, 5.74) is 0. The van der Waals surface area contributed by atoms with Crippen molar-refractivity contribution in [1.82, 2.24) is 0 Å². The Morgan fingerprint density at radius 2 is 1.89 bits per heavy atom. The molecule has 1 fully saturated rings. The van der Waals surface area contributed by atoms with Gasteiger partial charge in [-0.05, 0) is 26.2 Å². The Morgan fingerprint density at radius 1 is 1.33 bits per heavy atom. The van der Waals surface area contributed by atoms with Crippen LogP contribution in [-0.4, -0.2) is 31.2 Å². The van der Waals surface area contributed by atoms with Crippen LogP contribution in [0, 0.1) is 0 Å². The summed E-state index contributed by atoms with van der Waals surface area (Å²) in [6.07, 6.45) is 4.38. The van der Waals surface area contributed by atoms with Crippen LogP contribution in [0.4, 0.5) is 0 Å². The van der Waals surface area contributed by atoms with Gasteiger partial charge < -0.3 is 4.48 Å². The van der Waals surface area contributed by atoms with E-state index in [1.807, 2.05) is 0 Å². The minimum absolute atomic E-state index is 0.981. The van der Waals surface area contributed by atoms with E-state index in [4.69, 9.17) is 0 Å². The van der Waals surface area contributed by atoms with Gasteiger partial charge in [0.25, 0.3) is 0 Å². The molecule has 1 aliphatic carbocycles. The SMILES string of the molecule is CC[N+](C)(C)C1CCC1. The molecule has 0 unspecified atom stereocenters. The Bertz CT molecular complexity index is 92.7. The average molecular weight is 128 g/mol. The lowest BCUT2D eigenvalue weighted by atomic mass is 9.90. The van der Waals surface area contributed by atoms with Crippen molar-refractivity contribution in [2.24, 2.45) is 0 Å². The maximum absolute atomic E-state index is 2.34. The Hall–Kier alpha value is -0.0400. The number of quaternary nitrogens is 1. The summed E-state index contributed by atoms with van der Waals surface area (Å²) >= 11 is 0. The van der Waals surface area contributed by atoms with Crippen LogP contribution in [0.1, 0.15) is 26.2 Å². The van der Waals surface area contributed by atoms with E-state index in [9.17, 15) is 0 Å². The van der Waals surface area contributed by atoms with Crippen LogP contribution in [-0.2, 0) is 0 Å². The van der Waals surface area contributed by atoms with Gasteiger partial charge in [-0.15, -0.1) is 0 Å². The summed E-state index contributed by atoms with van der Waals surface area (Å²) in [7, 11) is 4.67. The van der Waals surface area contributed by atoms with Gasteiger partial charge >= 0.3 is 0 Å². The van der Waals surface area contributed by atoms with Crippen molar-refractivity contribution in [2.75, 3.05) is 20.6 Å². The van der Waals surface area contributed by atoms with Crippen molar-refractivity contribution in [3.8, 4) is 0 Å². The third kappa shape index (κ3) is 1.26. The molecule has 1 nitrogen and oxygen atoms in total. The first-order valence-electron chi connectivity index (χ1n) is 3.99. The molecule has 0 amide bonds. The fourth-order valence-corrected chi connectivity index (χ4v) is 1.34. The quantitative estimate of drug-likeness (QED) is 0.496. The molecule has 0 aromatic rings. The van der Waals surface area contributed by atoms with Gasteiger partial charge in [-0.25, -0.2) is 0 Å². The molecule has 0 heterocycles. The fourth-order valence-electron chi connectivity index (χ4n) is 1.34. The van der Waals surface area contributed by atoms with E-state index in [0.717, 1.165) is 6.04 Å². The van der Waals surface area contributed by atoms with Gasteiger partial charge in [-0.2, -0.15) is 0 Å². The summed E-state index contributed by atoms with van der Waals surface area (Å²) < 4.78 is 1.24. The summed E-state index contributed by atoms with van der Waals surface area (Å²) in [4.78, 5) is 0. The van der Waals surface area contributed by atoms with Crippen molar-refractivity contribution in [2.45, 2.75) is 32.2 Å². The van der Waals surface area contributed by atoms with Crippen molar-refractivity contribution in [3.63, 3.8) is 0 Å². The molecule has 54 valence electrons. The minimum atomic E-state index is 0.981. The lowest BCUT2D eigenvalue weighted by Gasteiger charge is -2.42. The highest BCUT2D eigenvalue weighted by molar-refractivity contribution is 4.69. The highest BCUT2D eigenvalue weighted by Gasteiger charge is 2.31. The first-order chi connectivity index (χ1) is 4.17. The van der Waals surface area contributed by atoms with Gasteiger partial charge in [0.1, 0.15) is 0 Å². The van der Waals surface area contributed by atoms with E-state index >= 15 is 0 Å². The van der Waals surface area contributed by atoms with Crippen molar-refractivity contribution in [1.29, 1.82) is 0 Å². The molecule has 0 radical (unpaired) electrons. The molecule has 0 bridgehead atoms. The first-order valence-corrected chi connectivity index (χ1v) is 3.99. The lowest BCUT2D eigenvalue weighted by Crippen LogP contribution is -2.51. The molecule has 0 saturated heterocycles. The normalized spacial score (nSPS) is 21.7. The number of hydrogen-bond acceptors (Lipinski definition) is 0. The van der Waals surface area contributed by atoms with E-state index in [0.29, 0.717) is 0 Å². The van der Waals surface area contributed by atoms with Crippen molar-refractivity contribution >= 4 is 0 Å². The van der Waals surface area contributed by atoms with E-state index in [1.165, 1.54) is 30.3 Å². The average Bonchev–Trinajstić information content (AvgIpc) is 1.60. The van der Waals surface area contributed by atoms with E-state index in [-0.39, 0.29) is 0 Å². The zero-order chi connectivity index (χ0) is 6.91. The lowest BCUT2D eigenvalue weighted by molar-refractivity contribution is -0.919. The summed E-state index contributed by atoms with van der Waals surface area (Å²) in [6, 6.07) is 0.981. The molecule has 0 spiro atoms. The van der Waals surface area contributed by atoms with Crippen LogP contribution in [0.15, 0.2) is 0 Å². The van der Waals surface area contributed by atoms with E-state index in [2.05, 4.69) is 21.0 Å². The van der Waals surface area contributed by atoms with E-state index in [1.54, 1.807) is 0 Å². The topological polar surface area (TPSA) is 0 Å². The maximum atomic E-state index is 2.34. The summed E-state index contributed by atoms with van der Waals surface area (Å²) in [5, 5.41) is 0. The first kappa shape index (κ1) is 7.07. The molecule has 1 saturated carbocycles. The van der Waals surface area contributed by atoms with Crippen molar-refractivity contribution < 1.29 is 4.48 Å². The third-order valence-electron chi connectivity index (χ3n) is 2.88. The molecular weight excluding hydrogens is 110 g/mol. The summed E-state index contributed by atoms with van der Waals surface area (Å²) in [5.74, 6) is 0. The molecule has 0 aliphatic heterocycles. The van der Waals surface area contributed by atoms with Gasteiger partial charge in [0.05, 0.1) is 26.7 Å². The number of hydrogen-bond donors (Lipinski definition) is 0. The molecular formula is C8H18N+. The summed E-state index contributed by atoms with van der Waals surface area (Å²) in [6.45, 7) is 3.56. The van der Waals surface area contributed by atoms with Crippen LogP contribution in [0.2, 0.25) is 0 Å². The van der Waals surface area contributed by atoms with Crippen LogP contribution >= 0.6 is 0 Å². The van der Waals surface area contributed by atoms with Crippen LogP contribution in [0.5, 0.6) is 0 Å². The molecule has 0 atom stereocenters. The third-order valence-corrected chi connectivity index (χ3v) is 2.88. The second-order valence-corrected chi connectivity index (χ2v) is 3.68. The van der Waals surface area contributed by atoms with Gasteiger partial charge in [-0.3, -0.25) is 0 Å². The monoisotopic (exact) mass is 128 g/mol. The molecule has 0 aromatic heterocycles. The second kappa shape index (κ2) is 2.30. The maximum Gasteiger partial charge on any atom is 0.0886 e. The van der Waals surface area contributed by atoms with Gasteiger partial charge in [0.2, 0.25) is 0 Å². The van der Waals surface area contributed by atoms with Gasteiger partial charge in [0, 0.05) is 0 Å². The molecule has 1 heteroatoms. The van der Waals surface area contributed by atoms with Gasteiger partial charge in [0.15, 0.2) is 0 Å². The highest BCUT2D eigenvalue weighted by Crippen LogP contribution is 2.27. The molecule has 0 N–H and O–H groups in total. The van der Waals surface area contributed by atoms with E-state index < -0.39 is 0 Å². The standard InChI is InChI=1S/C8H18N/c1-4-9(2,3)8-6-5-7-8/h8H,4-7H2,1-3H3/q+1. The predicted octanol–water partition coefficient (Wildman–Crippen LogP) is 1.64. The highest BCUT2D eigenvalue weighted by atomic mass is 15.3. The fraction of sp³-hybridized carbons (Fsp3) is 1.00. The van der Waals surface area contributed by atoms with Crippen LogP contribution in [0.3, 0.4) is 0 Å².